The van der Waals surface area contributed by atoms with Crippen LogP contribution in [-0.4, -0.2) is 42.0 Å². The summed E-state index contributed by atoms with van der Waals surface area (Å²) in [6.45, 7) is 1.40. The Kier molecular flexibility index (Phi) is 6.33. The van der Waals surface area contributed by atoms with Crippen molar-refractivity contribution in [1.29, 1.82) is 5.26 Å². The summed E-state index contributed by atoms with van der Waals surface area (Å²) in [4.78, 5) is 14.0. The summed E-state index contributed by atoms with van der Waals surface area (Å²) < 4.78 is 6.17. The fourth-order valence-electron chi connectivity index (χ4n) is 2.90. The minimum atomic E-state index is 0.00820. The van der Waals surface area contributed by atoms with Crippen LogP contribution in [0.2, 0.25) is 0 Å². The van der Waals surface area contributed by atoms with Crippen LogP contribution in [0.15, 0.2) is 24.3 Å². The molecule has 1 amide bonds. The predicted octanol–water partition coefficient (Wildman–Crippen LogP) is 3.70. The number of likely N-dealkylation sites (tertiary alicyclic amines) is 1. The predicted molar refractivity (Wildman–Crippen MR) is 99.1 cm³/mol. The number of hydrogen-bond acceptors (Lipinski definition) is 5. The van der Waals surface area contributed by atoms with E-state index in [4.69, 9.17) is 10.00 Å². The fourth-order valence-corrected chi connectivity index (χ4v) is 5.79. The topological polar surface area (TPSA) is 53.3 Å². The maximum atomic E-state index is 12.2. The quantitative estimate of drug-likeness (QED) is 0.817. The SMILES string of the molecule is N#CC1CCN(C(=O)COc2ccc(C3SCCCS3)cc2)CC1. The number of amides is 1. The molecule has 24 heavy (non-hydrogen) atoms. The lowest BCUT2D eigenvalue weighted by Crippen LogP contribution is -2.40. The fraction of sp³-hybridized carbons (Fsp3) is 0.556. The number of thioether (sulfide) groups is 2. The molecule has 6 heteroatoms. The van der Waals surface area contributed by atoms with E-state index in [9.17, 15) is 4.79 Å². The molecule has 1 aromatic carbocycles. The average molecular weight is 363 g/mol. The van der Waals surface area contributed by atoms with Crippen LogP contribution in [0.4, 0.5) is 0 Å². The van der Waals surface area contributed by atoms with Crippen molar-refractivity contribution in [2.75, 3.05) is 31.2 Å². The minimum Gasteiger partial charge on any atom is -0.484 e. The number of carbonyl (C=O) groups is 1. The van der Waals surface area contributed by atoms with Crippen LogP contribution >= 0.6 is 23.5 Å². The molecule has 2 fully saturated rings. The standard InChI is InChI=1S/C18H22N2O2S2/c19-12-14-6-8-20(9-7-14)17(21)13-22-16-4-2-15(3-5-16)18-23-10-1-11-24-18/h2-5,14,18H,1,6-11,13H2. The largest absolute Gasteiger partial charge is 0.484 e. The number of benzene rings is 1. The van der Waals surface area contributed by atoms with Gasteiger partial charge in [-0.3, -0.25) is 4.79 Å². The van der Waals surface area contributed by atoms with Gasteiger partial charge in [0.2, 0.25) is 0 Å². The van der Waals surface area contributed by atoms with Gasteiger partial charge in [0.25, 0.3) is 5.91 Å². The van der Waals surface area contributed by atoms with Gasteiger partial charge in [0.15, 0.2) is 6.61 Å². The van der Waals surface area contributed by atoms with Crippen molar-refractivity contribution in [1.82, 2.24) is 4.90 Å². The van der Waals surface area contributed by atoms with Crippen LogP contribution in [0.25, 0.3) is 0 Å². The van der Waals surface area contributed by atoms with Gasteiger partial charge < -0.3 is 9.64 Å². The Labute approximate surface area is 151 Å². The van der Waals surface area contributed by atoms with Gasteiger partial charge in [-0.25, -0.2) is 0 Å². The first kappa shape index (κ1) is 17.5. The van der Waals surface area contributed by atoms with Gasteiger partial charge in [-0.05, 0) is 48.5 Å². The van der Waals surface area contributed by atoms with Crippen molar-refractivity contribution in [2.45, 2.75) is 23.8 Å². The van der Waals surface area contributed by atoms with E-state index in [2.05, 4.69) is 18.2 Å². The molecule has 2 saturated heterocycles. The number of piperidine rings is 1. The number of rotatable bonds is 4. The minimum absolute atomic E-state index is 0.00820. The summed E-state index contributed by atoms with van der Waals surface area (Å²) in [5.74, 6) is 3.30. The number of nitrogens with zero attached hydrogens (tertiary/aromatic N) is 2. The van der Waals surface area contributed by atoms with Crippen molar-refractivity contribution >= 4 is 29.4 Å². The molecule has 0 spiro atoms. The van der Waals surface area contributed by atoms with E-state index >= 15 is 0 Å². The summed E-state index contributed by atoms with van der Waals surface area (Å²) in [7, 11) is 0. The van der Waals surface area contributed by atoms with Crippen molar-refractivity contribution < 1.29 is 9.53 Å². The number of nitriles is 1. The van der Waals surface area contributed by atoms with Gasteiger partial charge in [-0.15, -0.1) is 23.5 Å². The Morgan fingerprint density at radius 2 is 1.88 bits per heavy atom. The molecule has 0 atom stereocenters. The second-order valence-corrected chi connectivity index (χ2v) is 8.79. The van der Waals surface area contributed by atoms with Gasteiger partial charge in [-0.2, -0.15) is 5.26 Å². The van der Waals surface area contributed by atoms with E-state index < -0.39 is 0 Å². The van der Waals surface area contributed by atoms with E-state index in [1.165, 1.54) is 23.5 Å². The van der Waals surface area contributed by atoms with Crippen molar-refractivity contribution in [3.63, 3.8) is 0 Å². The van der Waals surface area contributed by atoms with Crippen molar-refractivity contribution in [3.8, 4) is 11.8 Å². The molecule has 0 N–H and O–H groups in total. The average Bonchev–Trinajstić information content (AvgIpc) is 2.67. The maximum Gasteiger partial charge on any atom is 0.260 e. The van der Waals surface area contributed by atoms with Crippen LogP contribution < -0.4 is 4.74 Å². The number of hydrogen-bond donors (Lipinski definition) is 0. The molecule has 0 aliphatic carbocycles. The van der Waals surface area contributed by atoms with E-state index in [0.29, 0.717) is 17.7 Å². The van der Waals surface area contributed by atoms with E-state index in [0.717, 1.165) is 18.6 Å². The molecule has 0 unspecified atom stereocenters. The van der Waals surface area contributed by atoms with E-state index in [1.807, 2.05) is 35.7 Å². The molecule has 0 bridgehead atoms. The molecule has 2 aliphatic rings. The highest BCUT2D eigenvalue weighted by Gasteiger charge is 2.22. The Morgan fingerprint density at radius 3 is 2.50 bits per heavy atom. The summed E-state index contributed by atoms with van der Waals surface area (Å²) in [5, 5.41) is 8.90. The molecule has 1 aromatic rings. The molecule has 2 heterocycles. The van der Waals surface area contributed by atoms with Crippen LogP contribution in [0.5, 0.6) is 5.75 Å². The first-order valence-electron chi connectivity index (χ1n) is 8.39. The summed E-state index contributed by atoms with van der Waals surface area (Å²) in [6.07, 6.45) is 2.84. The summed E-state index contributed by atoms with van der Waals surface area (Å²) in [5.41, 5.74) is 1.32. The molecule has 0 saturated carbocycles. The Hall–Kier alpha value is -1.32. The molecular formula is C18H22N2O2S2. The second kappa shape index (κ2) is 8.68. The number of ether oxygens (including phenoxy) is 1. The third-order valence-corrected chi connectivity index (χ3v) is 7.39. The van der Waals surface area contributed by atoms with Gasteiger partial charge in [0.05, 0.1) is 10.7 Å². The van der Waals surface area contributed by atoms with Crippen LogP contribution in [-0.2, 0) is 4.79 Å². The van der Waals surface area contributed by atoms with Crippen LogP contribution in [0.1, 0.15) is 29.4 Å². The molecule has 0 aromatic heterocycles. The first-order chi connectivity index (χ1) is 11.8. The first-order valence-corrected chi connectivity index (χ1v) is 10.5. The van der Waals surface area contributed by atoms with Crippen molar-refractivity contribution in [3.05, 3.63) is 29.8 Å². The monoisotopic (exact) mass is 362 g/mol. The zero-order chi connectivity index (χ0) is 16.8. The lowest BCUT2D eigenvalue weighted by atomic mass is 9.99. The molecule has 4 nitrogen and oxygen atoms in total. The van der Waals surface area contributed by atoms with Crippen LogP contribution in [0.3, 0.4) is 0 Å². The lowest BCUT2D eigenvalue weighted by Gasteiger charge is -2.29. The van der Waals surface area contributed by atoms with E-state index in [-0.39, 0.29) is 18.4 Å². The smallest absolute Gasteiger partial charge is 0.260 e. The molecule has 3 rings (SSSR count). The maximum absolute atomic E-state index is 12.2. The molecule has 128 valence electrons. The third-order valence-electron chi connectivity index (χ3n) is 4.37. The van der Waals surface area contributed by atoms with Gasteiger partial charge in [0, 0.05) is 19.0 Å². The zero-order valence-corrected chi connectivity index (χ0v) is 15.3. The van der Waals surface area contributed by atoms with Gasteiger partial charge >= 0.3 is 0 Å². The van der Waals surface area contributed by atoms with Gasteiger partial charge in [0.1, 0.15) is 5.75 Å². The molecule has 2 aliphatic heterocycles. The summed E-state index contributed by atoms with van der Waals surface area (Å²) >= 11 is 4.00. The lowest BCUT2D eigenvalue weighted by molar-refractivity contribution is -0.134. The highest BCUT2D eigenvalue weighted by atomic mass is 32.2. The normalized spacial score (nSPS) is 19.7. The Morgan fingerprint density at radius 1 is 1.21 bits per heavy atom. The Bertz CT molecular complexity index is 586. The highest BCUT2D eigenvalue weighted by molar-refractivity contribution is 8.16. The third kappa shape index (κ3) is 4.61. The number of carbonyl (C=O) groups excluding carboxylic acids is 1. The van der Waals surface area contributed by atoms with Gasteiger partial charge in [-0.1, -0.05) is 12.1 Å². The van der Waals surface area contributed by atoms with E-state index in [1.54, 1.807) is 4.90 Å². The highest BCUT2D eigenvalue weighted by Crippen LogP contribution is 2.43. The summed E-state index contributed by atoms with van der Waals surface area (Å²) in [6, 6.07) is 10.4. The van der Waals surface area contributed by atoms with Crippen molar-refractivity contribution in [2.24, 2.45) is 5.92 Å². The van der Waals surface area contributed by atoms with Crippen LogP contribution in [0, 0.1) is 17.2 Å². The molecular weight excluding hydrogens is 340 g/mol. The second-order valence-electron chi connectivity index (χ2n) is 6.07. The molecule has 0 radical (unpaired) electrons. The zero-order valence-electron chi connectivity index (χ0n) is 13.6. The Balaban J connectivity index is 1.46.